The highest BCUT2D eigenvalue weighted by molar-refractivity contribution is 6.63. The predicted molar refractivity (Wildman–Crippen MR) is 47.3 cm³/mol. The van der Waals surface area contributed by atoms with E-state index in [-0.39, 0.29) is 15.2 Å². The monoisotopic (exact) mass is 216 g/mol. The summed E-state index contributed by atoms with van der Waals surface area (Å²) in [5.74, 6) is 0. The van der Waals surface area contributed by atoms with E-state index in [2.05, 4.69) is 0 Å². The van der Waals surface area contributed by atoms with Gasteiger partial charge < -0.3 is 0 Å². The lowest BCUT2D eigenvalue weighted by molar-refractivity contribution is -0.112. The molecule has 0 radical (unpaired) electrons. The van der Waals surface area contributed by atoms with Crippen molar-refractivity contribution in [1.29, 1.82) is 0 Å². The Morgan fingerprint density at radius 2 is 1.17 bits per heavy atom. The first kappa shape index (κ1) is 14.4. The molecule has 0 spiro atoms. The standard InChI is InChI=1S/C7H10Cl2O2.FH/c8-6(10)4-2-1-3-5-7(9)11;/h1-5H2;1H. The van der Waals surface area contributed by atoms with Gasteiger partial charge in [-0.3, -0.25) is 14.3 Å². The van der Waals surface area contributed by atoms with Crippen LogP contribution in [0.25, 0.3) is 0 Å². The third kappa shape index (κ3) is 12.5. The average Bonchev–Trinajstić information content (AvgIpc) is 1.85. The van der Waals surface area contributed by atoms with Crippen molar-refractivity contribution in [2.24, 2.45) is 0 Å². The van der Waals surface area contributed by atoms with Crippen LogP contribution in [0.5, 0.6) is 0 Å². The number of unbranched alkanes of at least 4 members (excludes halogenated alkanes) is 2. The van der Waals surface area contributed by atoms with Gasteiger partial charge in [-0.05, 0) is 36.0 Å². The van der Waals surface area contributed by atoms with E-state index < -0.39 is 0 Å². The Kier molecular flexibility index (Phi) is 10.7. The van der Waals surface area contributed by atoms with Gasteiger partial charge in [-0.2, -0.15) is 0 Å². The van der Waals surface area contributed by atoms with Crippen LogP contribution < -0.4 is 0 Å². The van der Waals surface area contributed by atoms with E-state index in [0.717, 1.165) is 19.3 Å². The van der Waals surface area contributed by atoms with Crippen LogP contribution in [0, 0.1) is 0 Å². The molecule has 0 aliphatic rings. The highest BCUT2D eigenvalue weighted by Gasteiger charge is 1.98. The maximum Gasteiger partial charge on any atom is 0.221 e. The molecule has 72 valence electrons. The second-order valence-electron chi connectivity index (χ2n) is 2.27. The molecular weight excluding hydrogens is 206 g/mol. The highest BCUT2D eigenvalue weighted by Crippen LogP contribution is 2.05. The van der Waals surface area contributed by atoms with E-state index in [1.807, 2.05) is 0 Å². The quantitative estimate of drug-likeness (QED) is 0.506. The Bertz CT molecular complexity index is 134. The maximum absolute atomic E-state index is 10.2. The summed E-state index contributed by atoms with van der Waals surface area (Å²) in [4.78, 5) is 20.4. The molecule has 0 aromatic carbocycles. The Morgan fingerprint density at radius 1 is 0.833 bits per heavy atom. The van der Waals surface area contributed by atoms with Crippen molar-refractivity contribution in [3.8, 4) is 0 Å². The fourth-order valence-corrected chi connectivity index (χ4v) is 0.972. The minimum atomic E-state index is -0.317. The number of hydrogen-bond donors (Lipinski definition) is 0. The van der Waals surface area contributed by atoms with Crippen LogP contribution in [0.1, 0.15) is 32.1 Å². The molecule has 0 aliphatic heterocycles. The van der Waals surface area contributed by atoms with Crippen LogP contribution in [0.4, 0.5) is 4.70 Å². The summed E-state index contributed by atoms with van der Waals surface area (Å²) in [6.45, 7) is 0. The largest absolute Gasteiger partial charge is 0.281 e. The van der Waals surface area contributed by atoms with Crippen molar-refractivity contribution in [2.45, 2.75) is 32.1 Å². The third-order valence-corrected chi connectivity index (χ3v) is 1.62. The molecule has 0 saturated carbocycles. The van der Waals surface area contributed by atoms with Crippen LogP contribution >= 0.6 is 23.2 Å². The molecule has 0 aromatic heterocycles. The van der Waals surface area contributed by atoms with Gasteiger partial charge in [0, 0.05) is 12.8 Å². The summed E-state index contributed by atoms with van der Waals surface area (Å²) in [6, 6.07) is 0. The molecular formula is C7H11Cl2FO2. The molecule has 0 rings (SSSR count). The van der Waals surface area contributed by atoms with Gasteiger partial charge >= 0.3 is 0 Å². The second kappa shape index (κ2) is 8.94. The smallest absolute Gasteiger partial charge is 0.221 e. The lowest BCUT2D eigenvalue weighted by Gasteiger charge is -1.94. The average molecular weight is 217 g/mol. The fourth-order valence-electron chi connectivity index (χ4n) is 0.705. The topological polar surface area (TPSA) is 34.1 Å². The van der Waals surface area contributed by atoms with Crippen LogP contribution in [-0.2, 0) is 9.59 Å². The third-order valence-electron chi connectivity index (χ3n) is 1.25. The molecule has 0 amide bonds. The van der Waals surface area contributed by atoms with Crippen molar-refractivity contribution in [3.05, 3.63) is 0 Å². The van der Waals surface area contributed by atoms with Gasteiger partial charge in [-0.1, -0.05) is 6.42 Å². The van der Waals surface area contributed by atoms with Crippen molar-refractivity contribution in [3.63, 3.8) is 0 Å². The zero-order valence-electron chi connectivity index (χ0n) is 6.52. The number of hydrogen-bond acceptors (Lipinski definition) is 2. The lowest BCUT2D eigenvalue weighted by Crippen LogP contribution is -1.89. The second-order valence-corrected chi connectivity index (χ2v) is 3.11. The maximum atomic E-state index is 10.2. The lowest BCUT2D eigenvalue weighted by atomic mass is 10.2. The predicted octanol–water partition coefficient (Wildman–Crippen LogP) is 2.62. The van der Waals surface area contributed by atoms with Crippen LogP contribution in [0.15, 0.2) is 0 Å². The summed E-state index contributed by atoms with van der Waals surface area (Å²) in [5, 5.41) is -0.635. The Balaban J connectivity index is 0. The molecule has 2 nitrogen and oxygen atoms in total. The van der Waals surface area contributed by atoms with Crippen LogP contribution in [-0.4, -0.2) is 10.5 Å². The van der Waals surface area contributed by atoms with Gasteiger partial charge in [0.15, 0.2) is 0 Å². The first-order valence-corrected chi connectivity index (χ1v) is 4.25. The van der Waals surface area contributed by atoms with Crippen LogP contribution in [0.3, 0.4) is 0 Å². The van der Waals surface area contributed by atoms with Gasteiger partial charge in [-0.15, -0.1) is 0 Å². The molecule has 0 unspecified atom stereocenters. The molecule has 0 aromatic rings. The molecule has 0 fully saturated rings. The van der Waals surface area contributed by atoms with E-state index in [4.69, 9.17) is 23.2 Å². The first-order valence-electron chi connectivity index (χ1n) is 3.49. The van der Waals surface area contributed by atoms with Gasteiger partial charge in [-0.25, -0.2) is 0 Å². The fraction of sp³-hybridized carbons (Fsp3) is 0.714. The Morgan fingerprint density at radius 3 is 1.42 bits per heavy atom. The zero-order chi connectivity index (χ0) is 8.69. The number of rotatable bonds is 6. The van der Waals surface area contributed by atoms with Gasteiger partial charge in [0.1, 0.15) is 0 Å². The SMILES string of the molecule is F.O=C(Cl)CCCCCC(=O)Cl. The van der Waals surface area contributed by atoms with E-state index in [1.54, 1.807) is 0 Å². The molecule has 0 N–H and O–H groups in total. The van der Waals surface area contributed by atoms with Gasteiger partial charge in [0.05, 0.1) is 0 Å². The van der Waals surface area contributed by atoms with Gasteiger partial charge in [0.2, 0.25) is 10.5 Å². The molecule has 5 heteroatoms. The molecule has 0 saturated heterocycles. The molecule has 0 aliphatic carbocycles. The highest BCUT2D eigenvalue weighted by atomic mass is 35.5. The van der Waals surface area contributed by atoms with E-state index in [1.165, 1.54) is 0 Å². The summed E-state index contributed by atoms with van der Waals surface area (Å²) >= 11 is 10.2. The summed E-state index contributed by atoms with van der Waals surface area (Å²) in [5.41, 5.74) is 0. The zero-order valence-corrected chi connectivity index (χ0v) is 8.03. The molecule has 0 bridgehead atoms. The number of halogens is 3. The minimum absolute atomic E-state index is 0. The van der Waals surface area contributed by atoms with E-state index >= 15 is 0 Å². The normalized spacial score (nSPS) is 8.83. The number of carbonyl (C=O) groups excluding carboxylic acids is 2. The van der Waals surface area contributed by atoms with Crippen molar-refractivity contribution in [2.75, 3.05) is 0 Å². The molecule has 12 heavy (non-hydrogen) atoms. The van der Waals surface area contributed by atoms with Crippen molar-refractivity contribution >= 4 is 33.7 Å². The Labute approximate surface area is 80.6 Å². The molecule has 0 heterocycles. The summed E-state index contributed by atoms with van der Waals surface area (Å²) in [6.07, 6.45) is 3.09. The number of carbonyl (C=O) groups is 2. The van der Waals surface area contributed by atoms with E-state index in [0.29, 0.717) is 12.8 Å². The summed E-state index contributed by atoms with van der Waals surface area (Å²) < 4.78 is 0. The molecule has 0 atom stereocenters. The Hall–Kier alpha value is -0.150. The van der Waals surface area contributed by atoms with Crippen LogP contribution in [0.2, 0.25) is 0 Å². The van der Waals surface area contributed by atoms with Crippen molar-refractivity contribution < 1.29 is 14.3 Å². The first-order chi connectivity index (χ1) is 5.13. The minimum Gasteiger partial charge on any atom is -0.281 e. The van der Waals surface area contributed by atoms with E-state index in [9.17, 15) is 9.59 Å². The summed E-state index contributed by atoms with van der Waals surface area (Å²) in [7, 11) is 0. The van der Waals surface area contributed by atoms with Gasteiger partial charge in [0.25, 0.3) is 0 Å². The van der Waals surface area contributed by atoms with Crippen molar-refractivity contribution in [1.82, 2.24) is 0 Å².